The molecule has 0 spiro atoms. The van der Waals surface area contributed by atoms with Gasteiger partial charge in [-0.2, -0.15) is 0 Å². The summed E-state index contributed by atoms with van der Waals surface area (Å²) in [7, 11) is 1.31. The number of ether oxygens (including phenoxy) is 1. The highest BCUT2D eigenvalue weighted by Gasteiger charge is 2.20. The van der Waals surface area contributed by atoms with E-state index in [1.54, 1.807) is 6.08 Å². The molecule has 118 valence electrons. The second-order valence-corrected chi connectivity index (χ2v) is 5.02. The Balaban J connectivity index is 2.01. The molecule has 23 heavy (non-hydrogen) atoms. The Morgan fingerprint density at radius 2 is 1.65 bits per heavy atom. The van der Waals surface area contributed by atoms with Crippen molar-refractivity contribution in [3.05, 3.63) is 77.9 Å². The number of hydrogen-bond donors (Lipinski definition) is 1. The van der Waals surface area contributed by atoms with Crippen molar-refractivity contribution in [2.24, 2.45) is 0 Å². The van der Waals surface area contributed by atoms with Crippen LogP contribution in [0.1, 0.15) is 11.1 Å². The maximum absolute atomic E-state index is 12.0. The maximum Gasteiger partial charge on any atom is 0.328 e. The van der Waals surface area contributed by atoms with Crippen molar-refractivity contribution in [2.75, 3.05) is 7.11 Å². The van der Waals surface area contributed by atoms with Gasteiger partial charge in [0.2, 0.25) is 5.91 Å². The Morgan fingerprint density at radius 3 is 2.26 bits per heavy atom. The minimum absolute atomic E-state index is 0.333. The molecule has 0 heterocycles. The normalized spacial score (nSPS) is 11.9. The first kappa shape index (κ1) is 16.5. The Hall–Kier alpha value is -2.88. The lowest BCUT2D eigenvalue weighted by molar-refractivity contribution is -0.144. The summed E-state index contributed by atoms with van der Waals surface area (Å²) in [6.45, 7) is 0. The smallest absolute Gasteiger partial charge is 0.328 e. The number of amides is 1. The van der Waals surface area contributed by atoms with Crippen LogP contribution in [0.25, 0.3) is 6.08 Å². The lowest BCUT2D eigenvalue weighted by atomic mass is 10.1. The molecule has 2 aromatic carbocycles. The second-order valence-electron chi connectivity index (χ2n) is 5.02. The van der Waals surface area contributed by atoms with Crippen molar-refractivity contribution in [1.29, 1.82) is 0 Å². The summed E-state index contributed by atoms with van der Waals surface area (Å²) in [5.74, 6) is -0.796. The average Bonchev–Trinajstić information content (AvgIpc) is 2.60. The van der Waals surface area contributed by atoms with E-state index in [9.17, 15) is 9.59 Å². The van der Waals surface area contributed by atoms with Crippen LogP contribution in [-0.2, 0) is 20.7 Å². The molecule has 1 amide bonds. The van der Waals surface area contributed by atoms with Crippen molar-refractivity contribution in [3.63, 3.8) is 0 Å². The summed E-state index contributed by atoms with van der Waals surface area (Å²) in [5, 5.41) is 2.69. The van der Waals surface area contributed by atoms with E-state index in [4.69, 9.17) is 4.74 Å². The molecule has 4 nitrogen and oxygen atoms in total. The minimum atomic E-state index is -0.713. The van der Waals surface area contributed by atoms with E-state index in [-0.39, 0.29) is 5.91 Å². The standard InChI is InChI=1S/C19H19NO3/c1-23-19(22)17(14-16-10-6-3-7-11-16)20-18(21)13-12-15-8-4-2-5-9-15/h2-13,17H,14H2,1H3,(H,20,21)/b13-12+/t17-/m1/s1. The zero-order chi connectivity index (χ0) is 16.5. The molecule has 4 heteroatoms. The van der Waals surface area contributed by atoms with Gasteiger partial charge in [-0.05, 0) is 17.2 Å². The van der Waals surface area contributed by atoms with Gasteiger partial charge in [0.05, 0.1) is 7.11 Å². The first-order valence-corrected chi connectivity index (χ1v) is 7.34. The Bertz CT molecular complexity index is 666. The van der Waals surface area contributed by atoms with Gasteiger partial charge in [0, 0.05) is 12.5 Å². The molecule has 0 fully saturated rings. The number of hydrogen-bond acceptors (Lipinski definition) is 3. The summed E-state index contributed by atoms with van der Waals surface area (Å²) in [6, 6.07) is 18.3. The Morgan fingerprint density at radius 1 is 1.04 bits per heavy atom. The topological polar surface area (TPSA) is 55.4 Å². The fourth-order valence-electron chi connectivity index (χ4n) is 2.14. The zero-order valence-electron chi connectivity index (χ0n) is 12.9. The van der Waals surface area contributed by atoms with Crippen LogP contribution in [0.2, 0.25) is 0 Å². The lowest BCUT2D eigenvalue weighted by Gasteiger charge is -2.15. The molecular weight excluding hydrogens is 290 g/mol. The van der Waals surface area contributed by atoms with Crippen molar-refractivity contribution in [2.45, 2.75) is 12.5 Å². The number of nitrogens with one attached hydrogen (secondary N) is 1. The maximum atomic E-state index is 12.0. The number of methoxy groups -OCH3 is 1. The SMILES string of the molecule is COC(=O)[C@@H](Cc1ccccc1)NC(=O)/C=C/c1ccccc1. The Labute approximate surface area is 135 Å². The van der Waals surface area contributed by atoms with E-state index in [1.807, 2.05) is 60.7 Å². The third kappa shape index (κ3) is 5.43. The Kier molecular flexibility index (Phi) is 6.12. The van der Waals surface area contributed by atoms with E-state index in [2.05, 4.69) is 5.32 Å². The van der Waals surface area contributed by atoms with E-state index in [1.165, 1.54) is 13.2 Å². The molecule has 2 aromatic rings. The van der Waals surface area contributed by atoms with Gasteiger partial charge in [0.25, 0.3) is 0 Å². The quantitative estimate of drug-likeness (QED) is 0.659. The number of carbonyl (C=O) groups is 2. The molecule has 0 radical (unpaired) electrons. The molecule has 1 atom stereocenters. The molecule has 0 bridgehead atoms. The summed E-state index contributed by atoms with van der Waals surface area (Å²) < 4.78 is 4.77. The number of esters is 1. The van der Waals surface area contributed by atoms with Gasteiger partial charge >= 0.3 is 5.97 Å². The van der Waals surface area contributed by atoms with Crippen LogP contribution in [0.5, 0.6) is 0 Å². The van der Waals surface area contributed by atoms with Crippen LogP contribution < -0.4 is 5.32 Å². The third-order valence-electron chi connectivity index (χ3n) is 3.31. The van der Waals surface area contributed by atoms with E-state index >= 15 is 0 Å². The minimum Gasteiger partial charge on any atom is -0.467 e. The number of carbonyl (C=O) groups excluding carboxylic acids is 2. The monoisotopic (exact) mass is 309 g/mol. The third-order valence-corrected chi connectivity index (χ3v) is 3.31. The largest absolute Gasteiger partial charge is 0.467 e. The number of benzene rings is 2. The van der Waals surface area contributed by atoms with Crippen LogP contribution in [0.3, 0.4) is 0 Å². The summed E-state index contributed by atoms with van der Waals surface area (Å²) >= 11 is 0. The number of rotatable bonds is 6. The molecule has 0 saturated carbocycles. The van der Waals surface area contributed by atoms with E-state index in [0.717, 1.165) is 11.1 Å². The highest BCUT2D eigenvalue weighted by molar-refractivity contribution is 5.94. The predicted octanol–water partition coefficient (Wildman–Crippen LogP) is 2.60. The molecule has 1 N–H and O–H groups in total. The van der Waals surface area contributed by atoms with E-state index < -0.39 is 12.0 Å². The van der Waals surface area contributed by atoms with Crippen molar-refractivity contribution in [1.82, 2.24) is 5.32 Å². The van der Waals surface area contributed by atoms with Gasteiger partial charge in [-0.25, -0.2) is 4.79 Å². The molecule has 0 aliphatic carbocycles. The highest BCUT2D eigenvalue weighted by atomic mass is 16.5. The molecule has 0 saturated heterocycles. The molecular formula is C19H19NO3. The van der Waals surface area contributed by atoms with Crippen LogP contribution >= 0.6 is 0 Å². The van der Waals surface area contributed by atoms with Gasteiger partial charge in [-0.1, -0.05) is 60.7 Å². The van der Waals surface area contributed by atoms with Crippen molar-refractivity contribution in [3.8, 4) is 0 Å². The summed E-state index contributed by atoms with van der Waals surface area (Å²) in [4.78, 5) is 23.9. The molecule has 0 aliphatic heterocycles. The fraction of sp³-hybridized carbons (Fsp3) is 0.158. The van der Waals surface area contributed by atoms with E-state index in [0.29, 0.717) is 6.42 Å². The van der Waals surface area contributed by atoms with Crippen molar-refractivity contribution < 1.29 is 14.3 Å². The summed E-state index contributed by atoms with van der Waals surface area (Å²) in [5.41, 5.74) is 1.87. The zero-order valence-corrected chi connectivity index (χ0v) is 12.9. The molecule has 2 rings (SSSR count). The van der Waals surface area contributed by atoms with Crippen LogP contribution in [0.4, 0.5) is 0 Å². The average molecular weight is 309 g/mol. The van der Waals surface area contributed by atoms with Gasteiger partial charge < -0.3 is 10.1 Å². The molecule has 0 unspecified atom stereocenters. The van der Waals surface area contributed by atoms with Gasteiger partial charge in [0.1, 0.15) is 6.04 Å². The second kappa shape index (κ2) is 8.54. The molecule has 0 aromatic heterocycles. The highest BCUT2D eigenvalue weighted by Crippen LogP contribution is 2.05. The first-order valence-electron chi connectivity index (χ1n) is 7.34. The van der Waals surface area contributed by atoms with Gasteiger partial charge in [0.15, 0.2) is 0 Å². The van der Waals surface area contributed by atoms with Crippen molar-refractivity contribution >= 4 is 18.0 Å². The lowest BCUT2D eigenvalue weighted by Crippen LogP contribution is -2.42. The van der Waals surface area contributed by atoms with Gasteiger partial charge in [-0.3, -0.25) is 4.79 Å². The summed E-state index contributed by atoms with van der Waals surface area (Å²) in [6.07, 6.45) is 3.50. The fourth-order valence-corrected chi connectivity index (χ4v) is 2.14. The molecule has 0 aliphatic rings. The van der Waals surface area contributed by atoms with Gasteiger partial charge in [-0.15, -0.1) is 0 Å². The first-order chi connectivity index (χ1) is 11.2. The predicted molar refractivity (Wildman–Crippen MR) is 89.6 cm³/mol. The van der Waals surface area contributed by atoms with Crippen LogP contribution in [0, 0.1) is 0 Å². The van der Waals surface area contributed by atoms with Crippen LogP contribution in [-0.4, -0.2) is 25.0 Å². The van der Waals surface area contributed by atoms with Crippen LogP contribution in [0.15, 0.2) is 66.7 Å².